The van der Waals surface area contributed by atoms with Crippen molar-refractivity contribution in [1.82, 2.24) is 24.8 Å². The number of fused-ring (bicyclic) bond motifs is 2. The van der Waals surface area contributed by atoms with Crippen LogP contribution in [0, 0.1) is 11.3 Å². The summed E-state index contributed by atoms with van der Waals surface area (Å²) >= 11 is 0. The van der Waals surface area contributed by atoms with Gasteiger partial charge < -0.3 is 29.9 Å². The van der Waals surface area contributed by atoms with Gasteiger partial charge in [-0.2, -0.15) is 15.2 Å². The third-order valence-corrected chi connectivity index (χ3v) is 9.14. The van der Waals surface area contributed by atoms with Crippen molar-refractivity contribution < 1.29 is 18.7 Å². The second kappa shape index (κ2) is 12.2. The molecule has 12 heteroatoms. The summed E-state index contributed by atoms with van der Waals surface area (Å²) in [6, 6.07) is 11.9. The van der Waals surface area contributed by atoms with Crippen molar-refractivity contribution in [2.75, 3.05) is 50.5 Å². The first kappa shape index (κ1) is 30.7. The van der Waals surface area contributed by atoms with Crippen LogP contribution in [0.15, 0.2) is 42.7 Å². The van der Waals surface area contributed by atoms with Gasteiger partial charge >= 0.3 is 6.01 Å². The predicted molar refractivity (Wildman–Crippen MR) is 168 cm³/mol. The molecule has 3 atom stereocenters. The van der Waals surface area contributed by atoms with Gasteiger partial charge in [0.1, 0.15) is 24.3 Å². The first-order valence-electron chi connectivity index (χ1n) is 15.4. The number of carbonyl (C=O) groups is 1. The van der Waals surface area contributed by atoms with Crippen LogP contribution in [0.1, 0.15) is 56.2 Å². The van der Waals surface area contributed by atoms with Crippen LogP contribution in [0.25, 0.3) is 10.8 Å². The fourth-order valence-corrected chi connectivity index (χ4v) is 6.92. The van der Waals surface area contributed by atoms with E-state index in [4.69, 9.17) is 30.2 Å². The molecule has 0 aliphatic carbocycles. The normalized spacial score (nSPS) is 23.0. The monoisotopic (exact) mass is 614 g/mol. The van der Waals surface area contributed by atoms with Gasteiger partial charge in [0.15, 0.2) is 5.83 Å². The van der Waals surface area contributed by atoms with Gasteiger partial charge in [0.2, 0.25) is 0 Å². The van der Waals surface area contributed by atoms with Crippen LogP contribution >= 0.6 is 0 Å². The average Bonchev–Trinajstić information content (AvgIpc) is 3.42. The molecule has 2 fully saturated rings. The molecule has 1 unspecified atom stereocenters. The molecule has 236 valence electrons. The molecular formula is C33H39FN8O3. The van der Waals surface area contributed by atoms with E-state index >= 15 is 0 Å². The van der Waals surface area contributed by atoms with Crippen LogP contribution in [0.2, 0.25) is 0 Å². The van der Waals surface area contributed by atoms with Crippen molar-refractivity contribution in [2.24, 2.45) is 0 Å². The lowest BCUT2D eigenvalue weighted by Gasteiger charge is -2.44. The van der Waals surface area contributed by atoms with Crippen LogP contribution in [0.3, 0.4) is 0 Å². The quantitative estimate of drug-likeness (QED) is 0.389. The highest BCUT2D eigenvalue weighted by molar-refractivity contribution is 5.91. The molecule has 3 aromatic rings. The number of benzene rings is 1. The molecule has 3 aliphatic rings. The van der Waals surface area contributed by atoms with Crippen molar-refractivity contribution in [3.8, 4) is 12.1 Å². The standard InChI is InChI=1S/C33H39FN8O3/c1-20(34)31(43)42-15-14-41(18-22(42)11-12-35)30-28-25(37-32(39-30)44-19-23-9-7-13-40(23)4)17-26(45-33(28,2)3)29-24-10-6-5-8-21(24)16-27(36)38-29/h5-6,8,10,16,22-23,26H,1,7,9,11,13-15,17-19H2,2-4H3,(H2,36,38)/t22-,23-,26?/m0/s1. The van der Waals surface area contributed by atoms with Gasteiger partial charge in [-0.3, -0.25) is 4.79 Å². The van der Waals surface area contributed by atoms with Gasteiger partial charge in [-0.1, -0.05) is 30.8 Å². The highest BCUT2D eigenvalue weighted by atomic mass is 19.1. The topological polar surface area (TPSA) is 134 Å². The van der Waals surface area contributed by atoms with Gasteiger partial charge in [-0.15, -0.1) is 0 Å². The van der Waals surface area contributed by atoms with Gasteiger partial charge in [0, 0.05) is 43.0 Å². The van der Waals surface area contributed by atoms with E-state index in [-0.39, 0.29) is 31.6 Å². The third kappa shape index (κ3) is 6.02. The Morgan fingerprint density at radius 1 is 1.22 bits per heavy atom. The first-order chi connectivity index (χ1) is 21.6. The molecule has 3 aliphatic heterocycles. The number of aromatic nitrogens is 3. The highest BCUT2D eigenvalue weighted by Crippen LogP contribution is 2.46. The lowest BCUT2D eigenvalue weighted by Crippen LogP contribution is -2.56. The molecular weight excluding hydrogens is 575 g/mol. The van der Waals surface area contributed by atoms with Crippen LogP contribution in [0.4, 0.5) is 16.0 Å². The summed E-state index contributed by atoms with van der Waals surface area (Å²) in [5, 5.41) is 11.5. The number of ether oxygens (including phenoxy) is 2. The van der Waals surface area contributed by atoms with E-state index in [0.717, 1.165) is 47.1 Å². The van der Waals surface area contributed by atoms with Crippen molar-refractivity contribution >= 4 is 28.3 Å². The summed E-state index contributed by atoms with van der Waals surface area (Å²) in [4.78, 5) is 32.9. The number of hydrogen-bond donors (Lipinski definition) is 1. The Hall–Kier alpha value is -4.34. The molecule has 11 nitrogen and oxygen atoms in total. The maximum atomic E-state index is 13.9. The van der Waals surface area contributed by atoms with E-state index in [1.165, 1.54) is 4.90 Å². The first-order valence-corrected chi connectivity index (χ1v) is 15.4. The fraction of sp³-hybridized carbons (Fsp3) is 0.485. The molecule has 2 saturated heterocycles. The number of nitriles is 1. The van der Waals surface area contributed by atoms with Crippen LogP contribution in [-0.4, -0.2) is 82.6 Å². The van der Waals surface area contributed by atoms with Gasteiger partial charge in [0.05, 0.1) is 35.5 Å². The maximum absolute atomic E-state index is 13.9. The van der Waals surface area contributed by atoms with Crippen molar-refractivity contribution in [2.45, 2.75) is 63.3 Å². The molecule has 1 amide bonds. The number of nitrogens with two attached hydrogens (primary N) is 1. The molecule has 5 heterocycles. The van der Waals surface area contributed by atoms with E-state index in [2.05, 4.69) is 24.6 Å². The molecule has 1 aromatic carbocycles. The number of piperazine rings is 1. The molecule has 0 spiro atoms. The number of pyridine rings is 1. The molecule has 0 radical (unpaired) electrons. The number of anilines is 2. The van der Waals surface area contributed by atoms with Gasteiger partial charge in [0.25, 0.3) is 5.91 Å². The van der Waals surface area contributed by atoms with Crippen molar-refractivity contribution in [1.29, 1.82) is 5.26 Å². The Balaban J connectivity index is 1.40. The van der Waals surface area contributed by atoms with Crippen LogP contribution in [-0.2, 0) is 21.6 Å². The Labute approximate surface area is 262 Å². The lowest BCUT2D eigenvalue weighted by molar-refractivity contribution is -0.131. The van der Waals surface area contributed by atoms with Crippen LogP contribution in [0.5, 0.6) is 6.01 Å². The number of halogens is 1. The zero-order valence-corrected chi connectivity index (χ0v) is 26.0. The number of rotatable bonds is 7. The zero-order chi connectivity index (χ0) is 31.9. The minimum Gasteiger partial charge on any atom is -0.462 e. The molecule has 2 N–H and O–H groups in total. The largest absolute Gasteiger partial charge is 0.462 e. The van der Waals surface area contributed by atoms with Crippen LogP contribution < -0.4 is 15.4 Å². The minimum absolute atomic E-state index is 0.0380. The highest BCUT2D eigenvalue weighted by Gasteiger charge is 2.43. The summed E-state index contributed by atoms with van der Waals surface area (Å²) in [6.45, 7) is 9.47. The smallest absolute Gasteiger partial charge is 0.318 e. The zero-order valence-electron chi connectivity index (χ0n) is 26.0. The lowest BCUT2D eigenvalue weighted by atomic mass is 9.88. The van der Waals surface area contributed by atoms with Crippen molar-refractivity contribution in [3.05, 3.63) is 59.7 Å². The molecule has 6 rings (SSSR count). The number of nitrogens with zero attached hydrogens (tertiary/aromatic N) is 7. The fourth-order valence-electron chi connectivity index (χ4n) is 6.92. The molecule has 0 saturated carbocycles. The Bertz CT molecular complexity index is 1670. The van der Waals surface area contributed by atoms with E-state index in [1.807, 2.05) is 49.1 Å². The SMILES string of the molecule is C=C(F)C(=O)N1CCN(c2nc(OC[C@@H]3CCCN3C)nc3c2C(C)(C)OC(c2nc(N)cc4ccccc24)C3)C[C@@H]1CC#N. The second-order valence-corrected chi connectivity index (χ2v) is 12.6. The number of carbonyl (C=O) groups excluding carboxylic acids is 1. The Morgan fingerprint density at radius 2 is 2.02 bits per heavy atom. The van der Waals surface area contributed by atoms with Crippen molar-refractivity contribution in [3.63, 3.8) is 0 Å². The Kier molecular flexibility index (Phi) is 8.33. The number of nitrogen functional groups attached to an aromatic ring is 1. The number of likely N-dealkylation sites (tertiary alicyclic amines) is 1. The molecule has 45 heavy (non-hydrogen) atoms. The van der Waals surface area contributed by atoms with E-state index < -0.39 is 29.5 Å². The number of amides is 1. The Morgan fingerprint density at radius 3 is 2.76 bits per heavy atom. The van der Waals surface area contributed by atoms with E-state index in [0.29, 0.717) is 31.2 Å². The minimum atomic E-state index is -1.04. The molecule has 2 aromatic heterocycles. The predicted octanol–water partition coefficient (Wildman–Crippen LogP) is 4.04. The summed E-state index contributed by atoms with van der Waals surface area (Å²) in [6.07, 6.45) is 2.17. The summed E-state index contributed by atoms with van der Waals surface area (Å²) in [5.41, 5.74) is 7.71. The maximum Gasteiger partial charge on any atom is 0.318 e. The second-order valence-electron chi connectivity index (χ2n) is 12.6. The summed E-state index contributed by atoms with van der Waals surface area (Å²) < 4.78 is 26.9. The summed E-state index contributed by atoms with van der Waals surface area (Å²) in [5.74, 6) is -0.798. The number of likely N-dealkylation sites (N-methyl/N-ethyl adjacent to an activating group) is 1. The third-order valence-electron chi connectivity index (χ3n) is 9.14. The average molecular weight is 615 g/mol. The number of hydrogen-bond acceptors (Lipinski definition) is 10. The summed E-state index contributed by atoms with van der Waals surface area (Å²) in [7, 11) is 2.09. The van der Waals surface area contributed by atoms with Gasteiger partial charge in [-0.25, -0.2) is 9.37 Å². The molecule has 0 bridgehead atoms. The van der Waals surface area contributed by atoms with Gasteiger partial charge in [-0.05, 0) is 51.7 Å². The van der Waals surface area contributed by atoms with E-state index in [1.54, 1.807) is 0 Å². The van der Waals surface area contributed by atoms with E-state index in [9.17, 15) is 14.4 Å².